The maximum absolute atomic E-state index is 13.0. The van der Waals surface area contributed by atoms with Crippen molar-refractivity contribution in [1.82, 2.24) is 10.2 Å². The quantitative estimate of drug-likeness (QED) is 0.920. The molecule has 4 nitrogen and oxygen atoms in total. The molecular weight excluding hydrogens is 305 g/mol. The number of nitrogens with one attached hydrogen (secondary N) is 1. The number of hydrogen-bond acceptors (Lipinski definition) is 3. The zero-order valence-electron chi connectivity index (χ0n) is 14.5. The maximum Gasteiger partial charge on any atom is 0.234 e. The smallest absolute Gasteiger partial charge is 0.234 e. The van der Waals surface area contributed by atoms with Gasteiger partial charge in [-0.05, 0) is 43.0 Å². The highest BCUT2D eigenvalue weighted by atomic mass is 19.1. The highest BCUT2D eigenvalue weighted by molar-refractivity contribution is 5.78. The van der Waals surface area contributed by atoms with Crippen LogP contribution in [-0.2, 0) is 4.79 Å². The number of carbonyl (C=O) groups is 1. The lowest BCUT2D eigenvalue weighted by Gasteiger charge is -2.36. The lowest BCUT2D eigenvalue weighted by atomic mass is 9.86. The Balaban J connectivity index is 1.43. The van der Waals surface area contributed by atoms with Crippen LogP contribution in [0.25, 0.3) is 0 Å². The number of hydrogen-bond donors (Lipinski definition) is 1. The first-order valence-corrected chi connectivity index (χ1v) is 9.14. The number of piperazine rings is 1. The molecule has 1 saturated carbocycles. The molecule has 2 atom stereocenters. The van der Waals surface area contributed by atoms with Gasteiger partial charge in [0.2, 0.25) is 5.91 Å². The lowest BCUT2D eigenvalue weighted by Crippen LogP contribution is -2.51. The Hall–Kier alpha value is -1.62. The van der Waals surface area contributed by atoms with Gasteiger partial charge in [-0.15, -0.1) is 0 Å². The Morgan fingerprint density at radius 1 is 1.12 bits per heavy atom. The van der Waals surface area contributed by atoms with Crippen LogP contribution in [0.4, 0.5) is 10.1 Å². The molecule has 1 amide bonds. The van der Waals surface area contributed by atoms with Crippen molar-refractivity contribution in [2.24, 2.45) is 5.92 Å². The Bertz CT molecular complexity index is 540. The van der Waals surface area contributed by atoms with Crippen molar-refractivity contribution < 1.29 is 9.18 Å². The molecule has 1 aliphatic carbocycles. The molecule has 0 bridgehead atoms. The highest BCUT2D eigenvalue weighted by Gasteiger charge is 2.24. The van der Waals surface area contributed by atoms with Crippen molar-refractivity contribution in [3.63, 3.8) is 0 Å². The summed E-state index contributed by atoms with van der Waals surface area (Å²) >= 11 is 0. The third-order valence-electron chi connectivity index (χ3n) is 5.39. The number of halogens is 1. The van der Waals surface area contributed by atoms with Gasteiger partial charge in [-0.25, -0.2) is 4.39 Å². The van der Waals surface area contributed by atoms with E-state index in [0.717, 1.165) is 38.3 Å². The zero-order valence-corrected chi connectivity index (χ0v) is 14.5. The summed E-state index contributed by atoms with van der Waals surface area (Å²) in [7, 11) is 0. The van der Waals surface area contributed by atoms with Crippen LogP contribution in [-0.4, -0.2) is 49.6 Å². The van der Waals surface area contributed by atoms with Crippen LogP contribution in [0.15, 0.2) is 24.3 Å². The molecule has 2 aliphatic rings. The Kier molecular flexibility index (Phi) is 5.72. The molecule has 3 rings (SSSR count). The molecule has 0 radical (unpaired) electrons. The SMILES string of the molecule is CC1CCCCC1NC(=O)CN1CCN(c2ccc(F)cc2)CC1. The molecule has 1 saturated heterocycles. The third kappa shape index (κ3) is 4.47. The summed E-state index contributed by atoms with van der Waals surface area (Å²) in [5.74, 6) is 0.549. The van der Waals surface area contributed by atoms with Crippen LogP contribution in [0.3, 0.4) is 0 Å². The van der Waals surface area contributed by atoms with E-state index in [1.54, 1.807) is 0 Å². The predicted octanol–water partition coefficient (Wildman–Crippen LogP) is 2.64. The molecule has 2 unspecified atom stereocenters. The van der Waals surface area contributed by atoms with Crippen LogP contribution < -0.4 is 10.2 Å². The summed E-state index contributed by atoms with van der Waals surface area (Å²) in [5, 5.41) is 3.23. The summed E-state index contributed by atoms with van der Waals surface area (Å²) in [5.41, 5.74) is 1.05. The number of rotatable bonds is 4. The van der Waals surface area contributed by atoms with E-state index in [-0.39, 0.29) is 11.7 Å². The van der Waals surface area contributed by atoms with Gasteiger partial charge in [-0.2, -0.15) is 0 Å². The first kappa shape index (κ1) is 17.2. The fourth-order valence-corrected chi connectivity index (χ4v) is 3.80. The molecule has 1 N–H and O–H groups in total. The van der Waals surface area contributed by atoms with E-state index in [2.05, 4.69) is 22.0 Å². The molecule has 0 aromatic heterocycles. The number of benzene rings is 1. The van der Waals surface area contributed by atoms with Gasteiger partial charge in [0.1, 0.15) is 5.82 Å². The first-order chi connectivity index (χ1) is 11.6. The van der Waals surface area contributed by atoms with Crippen LogP contribution in [0.1, 0.15) is 32.6 Å². The average molecular weight is 333 g/mol. The standard InChI is InChI=1S/C19H28FN3O/c1-15-4-2-3-5-18(15)21-19(24)14-22-10-12-23(13-11-22)17-8-6-16(20)7-9-17/h6-9,15,18H,2-5,10-14H2,1H3,(H,21,24). The Labute approximate surface area is 144 Å². The minimum absolute atomic E-state index is 0.156. The fourth-order valence-electron chi connectivity index (χ4n) is 3.80. The summed E-state index contributed by atoms with van der Waals surface area (Å²) in [6.07, 6.45) is 4.86. The molecular formula is C19H28FN3O. The number of amides is 1. The van der Waals surface area contributed by atoms with Crippen molar-refractivity contribution in [1.29, 1.82) is 0 Å². The van der Waals surface area contributed by atoms with Gasteiger partial charge in [0, 0.05) is 37.9 Å². The van der Waals surface area contributed by atoms with Gasteiger partial charge in [0.05, 0.1) is 6.54 Å². The van der Waals surface area contributed by atoms with E-state index in [0.29, 0.717) is 18.5 Å². The summed E-state index contributed by atoms with van der Waals surface area (Å²) in [6.45, 7) is 6.21. The zero-order chi connectivity index (χ0) is 16.9. The maximum atomic E-state index is 13.0. The molecule has 1 heterocycles. The van der Waals surface area contributed by atoms with Crippen molar-refractivity contribution in [2.75, 3.05) is 37.6 Å². The Morgan fingerprint density at radius 2 is 1.79 bits per heavy atom. The van der Waals surface area contributed by atoms with E-state index >= 15 is 0 Å². The average Bonchev–Trinajstić information content (AvgIpc) is 2.58. The van der Waals surface area contributed by atoms with Crippen LogP contribution >= 0.6 is 0 Å². The normalized spacial score (nSPS) is 25.5. The van der Waals surface area contributed by atoms with E-state index in [9.17, 15) is 9.18 Å². The summed E-state index contributed by atoms with van der Waals surface area (Å²) < 4.78 is 13.0. The summed E-state index contributed by atoms with van der Waals surface area (Å²) in [6, 6.07) is 7.00. The fraction of sp³-hybridized carbons (Fsp3) is 0.632. The minimum atomic E-state index is -0.203. The first-order valence-electron chi connectivity index (χ1n) is 9.14. The van der Waals surface area contributed by atoms with Gasteiger partial charge in [0.15, 0.2) is 0 Å². The highest BCUT2D eigenvalue weighted by Crippen LogP contribution is 2.23. The monoisotopic (exact) mass is 333 g/mol. The number of carbonyl (C=O) groups excluding carboxylic acids is 1. The van der Waals surface area contributed by atoms with Crippen LogP contribution in [0.5, 0.6) is 0 Å². The molecule has 5 heteroatoms. The molecule has 1 aliphatic heterocycles. The van der Waals surface area contributed by atoms with Gasteiger partial charge in [0.25, 0.3) is 0 Å². The second-order valence-electron chi connectivity index (χ2n) is 7.18. The summed E-state index contributed by atoms with van der Waals surface area (Å²) in [4.78, 5) is 16.8. The molecule has 1 aromatic carbocycles. The second-order valence-corrected chi connectivity index (χ2v) is 7.18. The largest absolute Gasteiger partial charge is 0.369 e. The topological polar surface area (TPSA) is 35.6 Å². The third-order valence-corrected chi connectivity index (χ3v) is 5.39. The second kappa shape index (κ2) is 7.97. The van der Waals surface area contributed by atoms with E-state index < -0.39 is 0 Å². The predicted molar refractivity (Wildman–Crippen MR) is 94.6 cm³/mol. The lowest BCUT2D eigenvalue weighted by molar-refractivity contribution is -0.123. The Morgan fingerprint density at radius 3 is 2.46 bits per heavy atom. The molecule has 1 aromatic rings. The van der Waals surface area contributed by atoms with Crippen LogP contribution in [0.2, 0.25) is 0 Å². The van der Waals surface area contributed by atoms with E-state index in [1.807, 2.05) is 12.1 Å². The van der Waals surface area contributed by atoms with Gasteiger partial charge in [-0.1, -0.05) is 19.8 Å². The van der Waals surface area contributed by atoms with E-state index in [1.165, 1.54) is 31.4 Å². The van der Waals surface area contributed by atoms with Crippen molar-refractivity contribution in [2.45, 2.75) is 38.6 Å². The minimum Gasteiger partial charge on any atom is -0.369 e. The molecule has 2 fully saturated rings. The van der Waals surface area contributed by atoms with Crippen molar-refractivity contribution in [3.05, 3.63) is 30.1 Å². The number of anilines is 1. The van der Waals surface area contributed by atoms with E-state index in [4.69, 9.17) is 0 Å². The van der Waals surface area contributed by atoms with Crippen molar-refractivity contribution >= 4 is 11.6 Å². The van der Waals surface area contributed by atoms with Gasteiger partial charge < -0.3 is 10.2 Å². The molecule has 24 heavy (non-hydrogen) atoms. The molecule has 0 spiro atoms. The molecule has 132 valence electrons. The van der Waals surface area contributed by atoms with Gasteiger partial charge in [-0.3, -0.25) is 9.69 Å². The van der Waals surface area contributed by atoms with Gasteiger partial charge >= 0.3 is 0 Å². The van der Waals surface area contributed by atoms with Crippen molar-refractivity contribution in [3.8, 4) is 0 Å². The number of nitrogens with zero attached hydrogens (tertiary/aromatic N) is 2. The van der Waals surface area contributed by atoms with Crippen LogP contribution in [0, 0.1) is 11.7 Å².